The van der Waals surface area contributed by atoms with E-state index in [-0.39, 0.29) is 5.56 Å². The molecule has 0 atom stereocenters. The Bertz CT molecular complexity index is 813. The molecular formula is C19H28N4OS. The molecule has 0 radical (unpaired) electrons. The van der Waals surface area contributed by atoms with Gasteiger partial charge in [-0.3, -0.25) is 4.79 Å². The van der Waals surface area contributed by atoms with E-state index in [0.29, 0.717) is 11.7 Å². The van der Waals surface area contributed by atoms with Gasteiger partial charge in [0, 0.05) is 36.1 Å². The Balaban J connectivity index is 2.35. The number of aryl methyl sites for hydroxylation is 2. The summed E-state index contributed by atoms with van der Waals surface area (Å²) in [6.07, 6.45) is 0. The average Bonchev–Trinajstić information content (AvgIpc) is 2.52. The zero-order valence-corrected chi connectivity index (χ0v) is 16.6. The quantitative estimate of drug-likeness (QED) is 0.775. The zero-order chi connectivity index (χ0) is 18.6. The van der Waals surface area contributed by atoms with Crippen molar-refractivity contribution in [1.82, 2.24) is 20.1 Å². The van der Waals surface area contributed by atoms with Crippen molar-refractivity contribution in [2.45, 2.75) is 27.3 Å². The summed E-state index contributed by atoms with van der Waals surface area (Å²) >= 11 is 5.49. The SMILES string of the molecule is CCNC(=S)N(CCN(C)C)Cc1cc2c(C)cc(C)cc2[nH]c1=O. The predicted molar refractivity (Wildman–Crippen MR) is 109 cm³/mol. The fourth-order valence-corrected chi connectivity index (χ4v) is 3.18. The van der Waals surface area contributed by atoms with Gasteiger partial charge in [-0.25, -0.2) is 0 Å². The third kappa shape index (κ3) is 5.03. The monoisotopic (exact) mass is 360 g/mol. The zero-order valence-electron chi connectivity index (χ0n) is 15.8. The van der Waals surface area contributed by atoms with Crippen LogP contribution < -0.4 is 10.9 Å². The Morgan fingerprint density at radius 2 is 1.92 bits per heavy atom. The minimum absolute atomic E-state index is 0.0494. The second kappa shape index (κ2) is 8.45. The van der Waals surface area contributed by atoms with Gasteiger partial charge in [0.2, 0.25) is 0 Å². The molecule has 0 aliphatic rings. The molecule has 2 aromatic rings. The summed E-state index contributed by atoms with van der Waals surface area (Å²) in [4.78, 5) is 19.7. The van der Waals surface area contributed by atoms with Gasteiger partial charge in [-0.1, -0.05) is 6.07 Å². The number of benzene rings is 1. The van der Waals surface area contributed by atoms with Gasteiger partial charge in [-0.15, -0.1) is 0 Å². The van der Waals surface area contributed by atoms with E-state index in [4.69, 9.17) is 12.2 Å². The number of hydrogen-bond donors (Lipinski definition) is 2. The van der Waals surface area contributed by atoms with E-state index in [2.05, 4.69) is 33.1 Å². The Morgan fingerprint density at radius 3 is 2.56 bits per heavy atom. The highest BCUT2D eigenvalue weighted by Gasteiger charge is 2.13. The molecule has 0 bridgehead atoms. The number of nitrogens with one attached hydrogen (secondary N) is 2. The van der Waals surface area contributed by atoms with Gasteiger partial charge >= 0.3 is 0 Å². The second-order valence-corrected chi connectivity index (χ2v) is 7.11. The van der Waals surface area contributed by atoms with Crippen LogP contribution in [0.25, 0.3) is 10.9 Å². The van der Waals surface area contributed by atoms with Crippen molar-refractivity contribution in [3.8, 4) is 0 Å². The van der Waals surface area contributed by atoms with Crippen LogP contribution >= 0.6 is 12.2 Å². The summed E-state index contributed by atoms with van der Waals surface area (Å²) in [7, 11) is 4.06. The predicted octanol–water partition coefficient (Wildman–Crippen LogP) is 2.40. The summed E-state index contributed by atoms with van der Waals surface area (Å²) in [6.45, 7) is 9.03. The molecular weight excluding hydrogens is 332 g/mol. The van der Waals surface area contributed by atoms with Crippen LogP contribution in [0.4, 0.5) is 0 Å². The molecule has 0 saturated carbocycles. The highest BCUT2D eigenvalue weighted by atomic mass is 32.1. The van der Waals surface area contributed by atoms with Crippen molar-refractivity contribution in [1.29, 1.82) is 0 Å². The summed E-state index contributed by atoms with van der Waals surface area (Å²) in [6, 6.07) is 6.15. The first-order valence-corrected chi connectivity index (χ1v) is 9.03. The first kappa shape index (κ1) is 19.4. The van der Waals surface area contributed by atoms with E-state index in [0.717, 1.165) is 41.7 Å². The Labute approximate surface area is 155 Å². The number of thiocarbonyl (C=S) groups is 1. The third-order valence-electron chi connectivity index (χ3n) is 4.18. The molecule has 1 aromatic carbocycles. The lowest BCUT2D eigenvalue weighted by atomic mass is 10.0. The molecule has 5 nitrogen and oxygen atoms in total. The smallest absolute Gasteiger partial charge is 0.253 e. The van der Waals surface area contributed by atoms with Crippen molar-refractivity contribution in [3.05, 3.63) is 45.2 Å². The van der Waals surface area contributed by atoms with Crippen molar-refractivity contribution in [2.75, 3.05) is 33.7 Å². The van der Waals surface area contributed by atoms with Gasteiger partial charge in [-0.2, -0.15) is 0 Å². The molecule has 0 unspecified atom stereocenters. The lowest BCUT2D eigenvalue weighted by Gasteiger charge is -2.27. The van der Waals surface area contributed by atoms with Gasteiger partial charge in [0.25, 0.3) is 5.56 Å². The maximum absolute atomic E-state index is 12.6. The number of hydrogen-bond acceptors (Lipinski definition) is 3. The number of H-pyrrole nitrogens is 1. The second-order valence-electron chi connectivity index (χ2n) is 6.73. The number of fused-ring (bicyclic) bond motifs is 1. The lowest BCUT2D eigenvalue weighted by molar-refractivity contribution is 0.322. The molecule has 0 fully saturated rings. The topological polar surface area (TPSA) is 51.4 Å². The normalized spacial score (nSPS) is 11.1. The molecule has 136 valence electrons. The fourth-order valence-electron chi connectivity index (χ4n) is 2.88. The largest absolute Gasteiger partial charge is 0.363 e. The van der Waals surface area contributed by atoms with Gasteiger partial charge in [0.05, 0.1) is 6.54 Å². The average molecular weight is 361 g/mol. The van der Waals surface area contributed by atoms with Gasteiger partial charge in [0.1, 0.15) is 0 Å². The van der Waals surface area contributed by atoms with E-state index in [1.165, 1.54) is 5.56 Å². The van der Waals surface area contributed by atoms with E-state index in [1.54, 1.807) is 0 Å². The van der Waals surface area contributed by atoms with Crippen molar-refractivity contribution >= 4 is 28.2 Å². The van der Waals surface area contributed by atoms with Crippen molar-refractivity contribution in [3.63, 3.8) is 0 Å². The van der Waals surface area contributed by atoms with E-state index >= 15 is 0 Å². The van der Waals surface area contributed by atoms with Crippen molar-refractivity contribution < 1.29 is 0 Å². The highest BCUT2D eigenvalue weighted by Crippen LogP contribution is 2.19. The van der Waals surface area contributed by atoms with Crippen LogP contribution in [0.2, 0.25) is 0 Å². The van der Waals surface area contributed by atoms with Gasteiger partial charge in [0.15, 0.2) is 5.11 Å². The van der Waals surface area contributed by atoms with E-state index < -0.39 is 0 Å². The van der Waals surface area contributed by atoms with Crippen LogP contribution in [0.15, 0.2) is 23.0 Å². The Kier molecular flexibility index (Phi) is 6.56. The molecule has 0 aliphatic heterocycles. The van der Waals surface area contributed by atoms with Crippen LogP contribution in [-0.4, -0.2) is 53.6 Å². The minimum atomic E-state index is -0.0494. The number of aromatic nitrogens is 1. The van der Waals surface area contributed by atoms with Crippen LogP contribution in [-0.2, 0) is 6.54 Å². The van der Waals surface area contributed by atoms with E-state index in [9.17, 15) is 4.79 Å². The van der Waals surface area contributed by atoms with Gasteiger partial charge in [-0.05, 0) is 70.3 Å². The minimum Gasteiger partial charge on any atom is -0.363 e. The number of rotatable bonds is 6. The maximum atomic E-state index is 12.6. The fraction of sp³-hybridized carbons (Fsp3) is 0.474. The summed E-state index contributed by atoms with van der Waals surface area (Å²) < 4.78 is 0. The first-order valence-electron chi connectivity index (χ1n) is 8.62. The number of pyridine rings is 1. The van der Waals surface area contributed by atoms with E-state index in [1.807, 2.05) is 40.1 Å². The summed E-state index contributed by atoms with van der Waals surface area (Å²) in [5, 5.41) is 4.96. The molecule has 0 spiro atoms. The van der Waals surface area contributed by atoms with Crippen LogP contribution in [0.3, 0.4) is 0 Å². The summed E-state index contributed by atoms with van der Waals surface area (Å²) in [5.74, 6) is 0. The standard InChI is InChI=1S/C19H28N4OS/c1-6-20-19(25)23(8-7-22(4)5)12-15-11-16-14(3)9-13(2)10-17(16)21-18(15)24/h9-11H,6-8,12H2,1-5H3,(H,20,25)(H,21,24). The molecule has 25 heavy (non-hydrogen) atoms. The molecule has 1 heterocycles. The van der Waals surface area contributed by atoms with Crippen LogP contribution in [0.1, 0.15) is 23.6 Å². The van der Waals surface area contributed by atoms with Gasteiger partial charge < -0.3 is 20.1 Å². The molecule has 1 aromatic heterocycles. The molecule has 0 saturated heterocycles. The molecule has 0 aliphatic carbocycles. The highest BCUT2D eigenvalue weighted by molar-refractivity contribution is 7.80. The number of aromatic amines is 1. The molecule has 2 N–H and O–H groups in total. The Hall–Kier alpha value is -1.92. The third-order valence-corrected chi connectivity index (χ3v) is 4.59. The molecule has 0 amide bonds. The number of likely N-dealkylation sites (N-methyl/N-ethyl adjacent to an activating group) is 1. The molecule has 2 rings (SSSR count). The number of nitrogens with zero attached hydrogens (tertiary/aromatic N) is 2. The lowest BCUT2D eigenvalue weighted by Crippen LogP contribution is -2.43. The maximum Gasteiger partial charge on any atom is 0.253 e. The van der Waals surface area contributed by atoms with Crippen molar-refractivity contribution in [2.24, 2.45) is 0 Å². The van der Waals surface area contributed by atoms with Crippen LogP contribution in [0, 0.1) is 13.8 Å². The Morgan fingerprint density at radius 1 is 1.20 bits per heavy atom. The summed E-state index contributed by atoms with van der Waals surface area (Å²) in [5.41, 5.74) is 3.89. The molecule has 6 heteroatoms. The van der Waals surface area contributed by atoms with Crippen LogP contribution in [0.5, 0.6) is 0 Å². The first-order chi connectivity index (χ1) is 11.8.